The number of primary amides is 1. The zero-order valence-electron chi connectivity index (χ0n) is 20.1. The molecule has 0 saturated heterocycles. The quantitative estimate of drug-likeness (QED) is 0.335. The average Bonchev–Trinajstić information content (AvgIpc) is 2.82. The topological polar surface area (TPSA) is 134 Å². The Bertz CT molecular complexity index is 952. The lowest BCUT2D eigenvalue weighted by Gasteiger charge is -2.21. The molecule has 0 unspecified atom stereocenters. The van der Waals surface area contributed by atoms with Crippen LogP contribution in [0.5, 0.6) is 5.75 Å². The number of hydrogen-bond acceptors (Lipinski definition) is 8. The number of anilines is 3. The molecule has 5 N–H and O–H groups in total. The van der Waals surface area contributed by atoms with E-state index in [1.165, 1.54) is 0 Å². The molecule has 1 aromatic carbocycles. The van der Waals surface area contributed by atoms with E-state index < -0.39 is 5.91 Å². The molecule has 0 aliphatic heterocycles. The van der Waals surface area contributed by atoms with E-state index in [1.807, 2.05) is 50.1 Å². The lowest BCUT2D eigenvalue weighted by atomic mass is 10.2. The smallest absolute Gasteiger partial charge is 0.271 e. The van der Waals surface area contributed by atoms with Gasteiger partial charge in [0.15, 0.2) is 17.3 Å². The number of likely N-dealkylation sites (N-methyl/N-ethyl adjacent to an activating group) is 1. The number of rotatable bonds is 13. The summed E-state index contributed by atoms with van der Waals surface area (Å²) in [5.74, 6) is 0.965. The fourth-order valence-corrected chi connectivity index (χ4v) is 2.97. The highest BCUT2D eigenvalue weighted by Gasteiger charge is 2.19. The summed E-state index contributed by atoms with van der Waals surface area (Å²) in [6.45, 7) is 7.50. The van der Waals surface area contributed by atoms with E-state index in [0.29, 0.717) is 54.8 Å². The molecule has 0 radical (unpaired) electrons. The van der Waals surface area contributed by atoms with Crippen LogP contribution in [0, 0.1) is 0 Å². The fraction of sp³-hybridized carbons (Fsp3) is 0.478. The first-order valence-corrected chi connectivity index (χ1v) is 11.2. The molecule has 0 saturated carbocycles. The van der Waals surface area contributed by atoms with Crippen molar-refractivity contribution < 1.29 is 14.3 Å². The summed E-state index contributed by atoms with van der Waals surface area (Å²) in [4.78, 5) is 34.9. The van der Waals surface area contributed by atoms with Crippen molar-refractivity contribution in [1.82, 2.24) is 20.6 Å². The van der Waals surface area contributed by atoms with Crippen molar-refractivity contribution in [2.45, 2.75) is 39.7 Å². The molecular weight excluding hydrogens is 422 g/mol. The first-order valence-electron chi connectivity index (χ1n) is 11.2. The van der Waals surface area contributed by atoms with Crippen molar-refractivity contribution in [3.63, 3.8) is 0 Å². The zero-order valence-corrected chi connectivity index (χ0v) is 20.1. The Morgan fingerprint density at radius 3 is 2.64 bits per heavy atom. The summed E-state index contributed by atoms with van der Waals surface area (Å²) in [5, 5.41) is 8.90. The second kappa shape index (κ2) is 12.6. The van der Waals surface area contributed by atoms with E-state index in [1.54, 1.807) is 14.0 Å². The minimum Gasteiger partial charge on any atom is -0.493 e. The van der Waals surface area contributed by atoms with Gasteiger partial charge in [0, 0.05) is 31.9 Å². The fourth-order valence-electron chi connectivity index (χ4n) is 2.97. The molecule has 33 heavy (non-hydrogen) atoms. The molecule has 180 valence electrons. The maximum Gasteiger partial charge on any atom is 0.271 e. The average molecular weight is 458 g/mol. The molecule has 10 heteroatoms. The van der Waals surface area contributed by atoms with Crippen LogP contribution in [0.1, 0.15) is 43.4 Å². The molecule has 0 aliphatic rings. The number of nitrogens with two attached hydrogens (primary N) is 1. The third-order valence-electron chi connectivity index (χ3n) is 5.16. The predicted octanol–water partition coefficient (Wildman–Crippen LogP) is 1.83. The molecule has 2 aromatic rings. The van der Waals surface area contributed by atoms with Gasteiger partial charge in [0.1, 0.15) is 5.75 Å². The normalized spacial score (nSPS) is 11.5. The largest absolute Gasteiger partial charge is 0.493 e. The van der Waals surface area contributed by atoms with Crippen molar-refractivity contribution in [3.8, 4) is 5.75 Å². The van der Waals surface area contributed by atoms with Crippen molar-refractivity contribution in [3.05, 3.63) is 35.7 Å². The molecule has 0 fully saturated rings. The molecule has 1 aromatic heterocycles. The Labute approximate surface area is 195 Å². The van der Waals surface area contributed by atoms with E-state index in [0.717, 1.165) is 6.54 Å². The van der Waals surface area contributed by atoms with Crippen LogP contribution in [-0.4, -0.2) is 61.6 Å². The van der Waals surface area contributed by atoms with Crippen LogP contribution in [0.2, 0.25) is 0 Å². The van der Waals surface area contributed by atoms with Gasteiger partial charge in [-0.25, -0.2) is 9.97 Å². The Balaban J connectivity index is 2.08. The third kappa shape index (κ3) is 7.31. The van der Waals surface area contributed by atoms with Crippen LogP contribution in [0.3, 0.4) is 0 Å². The van der Waals surface area contributed by atoms with Gasteiger partial charge in [0.25, 0.3) is 5.91 Å². The maximum atomic E-state index is 12.0. The molecule has 0 spiro atoms. The highest BCUT2D eigenvalue weighted by molar-refractivity contribution is 5.96. The second-order valence-electron chi connectivity index (χ2n) is 7.58. The lowest BCUT2D eigenvalue weighted by Crippen LogP contribution is -2.40. The SMILES string of the molecule is CCc1nc(C(N)=O)c(Nc2cccc(OCCCNC(=O)[C@H](C)NC)c2)nc1N(C)CC. The van der Waals surface area contributed by atoms with E-state index >= 15 is 0 Å². The summed E-state index contributed by atoms with van der Waals surface area (Å²) in [5.41, 5.74) is 7.07. The number of ether oxygens (including phenoxy) is 1. The number of nitrogens with one attached hydrogen (secondary N) is 3. The minimum atomic E-state index is -0.646. The number of amides is 2. The molecule has 1 atom stereocenters. The van der Waals surface area contributed by atoms with Crippen LogP contribution in [0.15, 0.2) is 24.3 Å². The zero-order chi connectivity index (χ0) is 24.4. The summed E-state index contributed by atoms with van der Waals surface area (Å²) in [7, 11) is 3.67. The number of carbonyl (C=O) groups is 2. The van der Waals surface area contributed by atoms with E-state index in [-0.39, 0.29) is 17.6 Å². The van der Waals surface area contributed by atoms with Crippen LogP contribution in [-0.2, 0) is 11.2 Å². The maximum absolute atomic E-state index is 12.0. The number of aromatic nitrogens is 2. The molecule has 0 aliphatic carbocycles. The number of hydrogen-bond donors (Lipinski definition) is 4. The first kappa shape index (κ1) is 25.9. The van der Waals surface area contributed by atoms with Gasteiger partial charge < -0.3 is 31.3 Å². The number of benzene rings is 1. The summed E-state index contributed by atoms with van der Waals surface area (Å²) < 4.78 is 5.80. The summed E-state index contributed by atoms with van der Waals surface area (Å²) in [6, 6.07) is 7.10. The Hall–Kier alpha value is -3.40. The molecule has 2 amide bonds. The number of nitrogens with zero attached hydrogens (tertiary/aromatic N) is 3. The molecular formula is C23H35N7O3. The standard InChI is InChI=1S/C23H35N7O3/c1-6-18-22(30(5)7-2)29-21(19(28-18)20(24)31)27-16-10-8-11-17(14-16)33-13-9-12-26-23(32)15(3)25-4/h8,10-11,14-15,25H,6-7,9,12-13H2,1-5H3,(H2,24,31)(H,26,32)(H,27,29)/t15-/m0/s1. The van der Waals surface area contributed by atoms with Gasteiger partial charge in [-0.05, 0) is 45.9 Å². The van der Waals surface area contributed by atoms with Crippen LogP contribution >= 0.6 is 0 Å². The Kier molecular flexibility index (Phi) is 9.86. The van der Waals surface area contributed by atoms with Gasteiger partial charge in [0.05, 0.1) is 18.3 Å². The van der Waals surface area contributed by atoms with E-state index in [9.17, 15) is 9.59 Å². The van der Waals surface area contributed by atoms with Crippen molar-refractivity contribution >= 4 is 29.1 Å². The first-order chi connectivity index (χ1) is 15.8. The second-order valence-corrected chi connectivity index (χ2v) is 7.58. The van der Waals surface area contributed by atoms with Gasteiger partial charge in [-0.3, -0.25) is 9.59 Å². The Morgan fingerprint density at radius 2 is 2.00 bits per heavy atom. The van der Waals surface area contributed by atoms with E-state index in [4.69, 9.17) is 10.5 Å². The lowest BCUT2D eigenvalue weighted by molar-refractivity contribution is -0.122. The van der Waals surface area contributed by atoms with Gasteiger partial charge >= 0.3 is 0 Å². The summed E-state index contributed by atoms with van der Waals surface area (Å²) in [6.07, 6.45) is 1.30. The number of carbonyl (C=O) groups excluding carboxylic acids is 2. The molecule has 0 bridgehead atoms. The predicted molar refractivity (Wildman–Crippen MR) is 130 cm³/mol. The van der Waals surface area contributed by atoms with Crippen molar-refractivity contribution in [1.29, 1.82) is 0 Å². The van der Waals surface area contributed by atoms with Crippen LogP contribution in [0.25, 0.3) is 0 Å². The van der Waals surface area contributed by atoms with Gasteiger partial charge in [-0.15, -0.1) is 0 Å². The highest BCUT2D eigenvalue weighted by atomic mass is 16.5. The van der Waals surface area contributed by atoms with E-state index in [2.05, 4.69) is 25.9 Å². The highest BCUT2D eigenvalue weighted by Crippen LogP contribution is 2.26. The van der Waals surface area contributed by atoms with Crippen molar-refractivity contribution in [2.24, 2.45) is 5.73 Å². The molecule has 1 heterocycles. The molecule has 10 nitrogen and oxygen atoms in total. The minimum absolute atomic E-state index is 0.0442. The summed E-state index contributed by atoms with van der Waals surface area (Å²) >= 11 is 0. The monoisotopic (exact) mass is 457 g/mol. The third-order valence-corrected chi connectivity index (χ3v) is 5.16. The van der Waals surface area contributed by atoms with Gasteiger partial charge in [0.2, 0.25) is 5.91 Å². The van der Waals surface area contributed by atoms with Gasteiger partial charge in [-0.2, -0.15) is 0 Å². The van der Waals surface area contributed by atoms with Gasteiger partial charge in [-0.1, -0.05) is 13.0 Å². The van der Waals surface area contributed by atoms with Crippen molar-refractivity contribution in [2.75, 3.05) is 44.0 Å². The van der Waals surface area contributed by atoms with Crippen LogP contribution < -0.4 is 31.3 Å². The Morgan fingerprint density at radius 1 is 1.24 bits per heavy atom. The molecule has 2 rings (SSSR count). The number of aryl methyl sites for hydroxylation is 1. The van der Waals surface area contributed by atoms with Crippen LogP contribution in [0.4, 0.5) is 17.3 Å².